The highest BCUT2D eigenvalue weighted by Gasteiger charge is 2.26. The normalized spacial score (nSPS) is 15.1. The Morgan fingerprint density at radius 1 is 1.37 bits per heavy atom. The molecule has 0 amide bonds. The number of aryl methyl sites for hydroxylation is 1. The Balaban J connectivity index is 3.12. The molecule has 0 saturated carbocycles. The molecule has 1 aromatic carbocycles. The lowest BCUT2D eigenvalue weighted by Crippen LogP contribution is -2.43. The Morgan fingerprint density at radius 3 is 2.32 bits per heavy atom. The Hall–Kier alpha value is -1.39. The smallest absolute Gasteiger partial charge is 0.322 e. The maximum Gasteiger partial charge on any atom is 0.322 e. The zero-order chi connectivity index (χ0) is 14.8. The number of carboxylic acids is 1. The number of aliphatic carboxylic acids is 1. The zero-order valence-electron chi connectivity index (χ0n) is 12.3. The number of nitrogens with two attached hydrogens (primary N) is 1. The quantitative estimate of drug-likeness (QED) is 0.777. The highest BCUT2D eigenvalue weighted by atomic mass is 16.4. The molecule has 0 aliphatic heterocycles. The van der Waals surface area contributed by atoms with E-state index in [9.17, 15) is 4.79 Å². The first-order valence-electron chi connectivity index (χ1n) is 6.45. The highest BCUT2D eigenvalue weighted by Crippen LogP contribution is 2.27. The molecule has 0 aliphatic carbocycles. The van der Waals surface area contributed by atoms with Gasteiger partial charge in [-0.15, -0.1) is 0 Å². The molecule has 0 saturated heterocycles. The van der Waals surface area contributed by atoms with Gasteiger partial charge in [-0.2, -0.15) is 0 Å². The van der Waals surface area contributed by atoms with Gasteiger partial charge in [0.2, 0.25) is 0 Å². The van der Waals surface area contributed by atoms with Gasteiger partial charge < -0.3 is 16.2 Å². The van der Waals surface area contributed by atoms with E-state index < -0.39 is 18.1 Å². The second kappa shape index (κ2) is 5.72. The van der Waals surface area contributed by atoms with Gasteiger partial charge in [0.25, 0.3) is 0 Å². The van der Waals surface area contributed by atoms with Crippen molar-refractivity contribution in [2.24, 2.45) is 5.73 Å². The summed E-state index contributed by atoms with van der Waals surface area (Å²) >= 11 is 0. The van der Waals surface area contributed by atoms with Crippen LogP contribution < -0.4 is 11.1 Å². The zero-order valence-corrected chi connectivity index (χ0v) is 12.3. The van der Waals surface area contributed by atoms with E-state index in [1.54, 1.807) is 7.05 Å². The average molecular weight is 264 g/mol. The minimum absolute atomic E-state index is 0.0720. The molecule has 1 rings (SSSR count). The summed E-state index contributed by atoms with van der Waals surface area (Å²) in [6.45, 7) is 8.41. The van der Waals surface area contributed by atoms with Gasteiger partial charge in [-0.05, 0) is 36.1 Å². The van der Waals surface area contributed by atoms with Crippen LogP contribution in [0, 0.1) is 6.92 Å². The van der Waals surface area contributed by atoms with Crippen LogP contribution in [-0.4, -0.2) is 24.2 Å². The molecule has 19 heavy (non-hydrogen) atoms. The van der Waals surface area contributed by atoms with Gasteiger partial charge >= 0.3 is 5.97 Å². The summed E-state index contributed by atoms with van der Waals surface area (Å²) in [7, 11) is 1.61. The topological polar surface area (TPSA) is 75.3 Å². The van der Waals surface area contributed by atoms with Crippen LogP contribution in [0.25, 0.3) is 0 Å². The molecule has 0 aliphatic rings. The van der Waals surface area contributed by atoms with E-state index in [4.69, 9.17) is 10.8 Å². The van der Waals surface area contributed by atoms with Crippen LogP contribution in [0.4, 0.5) is 0 Å². The van der Waals surface area contributed by atoms with Gasteiger partial charge in [0, 0.05) is 0 Å². The lowest BCUT2D eigenvalue weighted by Gasteiger charge is -2.24. The first-order valence-corrected chi connectivity index (χ1v) is 6.45. The molecule has 0 radical (unpaired) electrons. The minimum Gasteiger partial charge on any atom is -0.480 e. The van der Waals surface area contributed by atoms with Crippen LogP contribution in [0.1, 0.15) is 43.5 Å². The summed E-state index contributed by atoms with van der Waals surface area (Å²) in [5, 5.41) is 11.9. The standard InChI is InChI=1S/C15H24N2O2/c1-9-8-10(15(2,3)4)6-7-11(9)12(16)13(17-5)14(18)19/h6-8,12-13,17H,16H2,1-5H3,(H,18,19). The molecule has 0 heterocycles. The SMILES string of the molecule is CNC(C(=O)O)C(N)c1ccc(C(C)(C)C)cc1C. The Labute approximate surface area is 115 Å². The first kappa shape index (κ1) is 15.7. The molecule has 0 bridgehead atoms. The van der Waals surface area contributed by atoms with E-state index >= 15 is 0 Å². The summed E-state index contributed by atoms with van der Waals surface area (Å²) in [5.41, 5.74) is 9.26. The predicted molar refractivity (Wildman–Crippen MR) is 77.3 cm³/mol. The van der Waals surface area contributed by atoms with Crippen molar-refractivity contribution in [3.63, 3.8) is 0 Å². The van der Waals surface area contributed by atoms with Crippen molar-refractivity contribution < 1.29 is 9.90 Å². The molecule has 0 fully saturated rings. The molecule has 4 N–H and O–H groups in total. The number of likely N-dealkylation sites (N-methyl/N-ethyl adjacent to an activating group) is 1. The van der Waals surface area contributed by atoms with Crippen LogP contribution in [0.2, 0.25) is 0 Å². The maximum absolute atomic E-state index is 11.1. The number of rotatable bonds is 4. The first-order chi connectivity index (χ1) is 8.68. The third kappa shape index (κ3) is 3.55. The molecule has 0 aromatic heterocycles. The van der Waals surface area contributed by atoms with Gasteiger partial charge in [-0.1, -0.05) is 39.0 Å². The maximum atomic E-state index is 11.1. The third-order valence-corrected chi connectivity index (χ3v) is 3.43. The van der Waals surface area contributed by atoms with Crippen molar-refractivity contribution in [1.29, 1.82) is 0 Å². The van der Waals surface area contributed by atoms with Gasteiger partial charge in [-0.3, -0.25) is 4.79 Å². The van der Waals surface area contributed by atoms with Gasteiger partial charge in [0.1, 0.15) is 6.04 Å². The predicted octanol–water partition coefficient (Wildman–Crippen LogP) is 1.96. The Morgan fingerprint density at radius 2 is 1.95 bits per heavy atom. The fraction of sp³-hybridized carbons (Fsp3) is 0.533. The van der Waals surface area contributed by atoms with Crippen molar-refractivity contribution in [2.75, 3.05) is 7.05 Å². The van der Waals surface area contributed by atoms with Gasteiger partial charge in [0.05, 0.1) is 6.04 Å². The van der Waals surface area contributed by atoms with E-state index in [0.29, 0.717) is 0 Å². The highest BCUT2D eigenvalue weighted by molar-refractivity contribution is 5.75. The number of carbonyl (C=O) groups is 1. The lowest BCUT2D eigenvalue weighted by molar-refractivity contribution is -0.139. The van der Waals surface area contributed by atoms with E-state index in [2.05, 4.69) is 32.2 Å². The van der Waals surface area contributed by atoms with Crippen molar-refractivity contribution in [2.45, 2.75) is 45.2 Å². The van der Waals surface area contributed by atoms with Crippen LogP contribution in [-0.2, 0) is 10.2 Å². The monoisotopic (exact) mass is 264 g/mol. The number of hydrogen-bond acceptors (Lipinski definition) is 3. The van der Waals surface area contributed by atoms with Crippen LogP contribution in [0.3, 0.4) is 0 Å². The molecule has 4 nitrogen and oxygen atoms in total. The largest absolute Gasteiger partial charge is 0.480 e. The van der Waals surface area contributed by atoms with Crippen molar-refractivity contribution >= 4 is 5.97 Å². The average Bonchev–Trinajstić information content (AvgIpc) is 2.27. The fourth-order valence-electron chi connectivity index (χ4n) is 2.15. The van der Waals surface area contributed by atoms with E-state index in [1.807, 2.05) is 19.1 Å². The molecule has 1 aromatic rings. The van der Waals surface area contributed by atoms with E-state index in [-0.39, 0.29) is 5.41 Å². The minimum atomic E-state index is -0.936. The lowest BCUT2D eigenvalue weighted by atomic mass is 9.84. The molecule has 106 valence electrons. The van der Waals surface area contributed by atoms with Crippen LogP contribution in [0.5, 0.6) is 0 Å². The molecular weight excluding hydrogens is 240 g/mol. The summed E-state index contributed by atoms with van der Waals surface area (Å²) < 4.78 is 0. The molecular formula is C15H24N2O2. The summed E-state index contributed by atoms with van der Waals surface area (Å²) in [6.07, 6.45) is 0. The fourth-order valence-corrected chi connectivity index (χ4v) is 2.15. The molecule has 0 spiro atoms. The summed E-state index contributed by atoms with van der Waals surface area (Å²) in [5.74, 6) is -0.936. The summed E-state index contributed by atoms with van der Waals surface area (Å²) in [6, 6.07) is 4.71. The van der Waals surface area contributed by atoms with Crippen LogP contribution in [0.15, 0.2) is 18.2 Å². The van der Waals surface area contributed by atoms with Gasteiger partial charge in [-0.25, -0.2) is 0 Å². The number of nitrogens with one attached hydrogen (secondary N) is 1. The Bertz CT molecular complexity index is 464. The third-order valence-electron chi connectivity index (χ3n) is 3.43. The summed E-state index contributed by atoms with van der Waals surface area (Å²) in [4.78, 5) is 11.1. The Kier molecular flexibility index (Phi) is 4.71. The molecule has 2 unspecified atom stereocenters. The van der Waals surface area contributed by atoms with Crippen molar-refractivity contribution in [1.82, 2.24) is 5.32 Å². The number of carboxylic acid groups (broad SMARTS) is 1. The van der Waals surface area contributed by atoms with Crippen molar-refractivity contribution in [3.8, 4) is 0 Å². The molecule has 4 heteroatoms. The number of benzene rings is 1. The molecule has 2 atom stereocenters. The van der Waals surface area contributed by atoms with Gasteiger partial charge in [0.15, 0.2) is 0 Å². The van der Waals surface area contributed by atoms with E-state index in [0.717, 1.165) is 11.1 Å². The second-order valence-electron chi connectivity index (χ2n) is 5.95. The second-order valence-corrected chi connectivity index (χ2v) is 5.95. The van der Waals surface area contributed by atoms with Crippen molar-refractivity contribution in [3.05, 3.63) is 34.9 Å². The van der Waals surface area contributed by atoms with E-state index in [1.165, 1.54) is 5.56 Å². The van der Waals surface area contributed by atoms with Crippen LogP contribution >= 0.6 is 0 Å². The number of hydrogen-bond donors (Lipinski definition) is 3.